The zero-order chi connectivity index (χ0) is 10.9. The van der Waals surface area contributed by atoms with Crippen molar-refractivity contribution in [3.8, 4) is 0 Å². The van der Waals surface area contributed by atoms with E-state index in [4.69, 9.17) is 4.55 Å². The van der Waals surface area contributed by atoms with Crippen LogP contribution in [0.3, 0.4) is 0 Å². The molecule has 0 aromatic heterocycles. The van der Waals surface area contributed by atoms with Crippen LogP contribution in [-0.4, -0.2) is 23.6 Å². The van der Waals surface area contributed by atoms with Gasteiger partial charge in [0.15, 0.2) is 0 Å². The molecule has 0 saturated carbocycles. The van der Waals surface area contributed by atoms with Crippen LogP contribution in [0.25, 0.3) is 0 Å². The molecule has 1 N–H and O–H groups in total. The molecule has 0 amide bonds. The number of allylic oxidation sites excluding steroid dienone is 2. The summed E-state index contributed by atoms with van der Waals surface area (Å²) in [5.74, 6) is -0.00583. The molecule has 1 aliphatic rings. The molecule has 0 aromatic carbocycles. The van der Waals surface area contributed by atoms with Crippen LogP contribution in [0.15, 0.2) is 11.1 Å². The third kappa shape index (κ3) is 2.58. The quantitative estimate of drug-likeness (QED) is 0.481. The smallest absolute Gasteiger partial charge is 0.268 e. The fourth-order valence-corrected chi connectivity index (χ4v) is 3.91. The topological polar surface area (TPSA) is 54.4 Å². The fraction of sp³-hybridized carbons (Fsp3) is 0.778. The van der Waals surface area contributed by atoms with Gasteiger partial charge in [0, 0.05) is 5.33 Å². The molecule has 2 atom stereocenters. The first-order chi connectivity index (χ1) is 6.36. The predicted octanol–water partition coefficient (Wildman–Crippen LogP) is 2.38. The Hall–Kier alpha value is 0.130. The standard InChI is InChI=1S/C9H15BrO3S/c1-6-3-8(5-10)9(4-7(6)2)14(11,12)13/h8-9H,3-5H2,1-2H3,(H,11,12,13). The van der Waals surface area contributed by atoms with Gasteiger partial charge in [0.05, 0.1) is 5.25 Å². The lowest BCUT2D eigenvalue weighted by Crippen LogP contribution is -2.34. The zero-order valence-electron chi connectivity index (χ0n) is 8.33. The van der Waals surface area contributed by atoms with E-state index in [1.165, 1.54) is 5.57 Å². The summed E-state index contributed by atoms with van der Waals surface area (Å²) in [6.07, 6.45) is 1.21. The van der Waals surface area contributed by atoms with Crippen molar-refractivity contribution in [1.29, 1.82) is 0 Å². The minimum atomic E-state index is -3.91. The highest BCUT2D eigenvalue weighted by molar-refractivity contribution is 9.09. The first kappa shape index (κ1) is 12.2. The molecule has 3 nitrogen and oxygen atoms in total. The SMILES string of the molecule is CC1=C(C)CC(S(=O)(=O)O)C(CBr)C1. The van der Waals surface area contributed by atoms with Crippen LogP contribution < -0.4 is 0 Å². The van der Waals surface area contributed by atoms with Crippen molar-refractivity contribution >= 4 is 26.0 Å². The second kappa shape index (κ2) is 4.33. The van der Waals surface area contributed by atoms with Gasteiger partial charge in [-0.05, 0) is 32.6 Å². The van der Waals surface area contributed by atoms with E-state index in [2.05, 4.69) is 15.9 Å². The zero-order valence-corrected chi connectivity index (χ0v) is 10.7. The number of rotatable bonds is 2. The predicted molar refractivity (Wildman–Crippen MR) is 60.2 cm³/mol. The molecule has 82 valence electrons. The Kier molecular flexibility index (Phi) is 3.77. The molecule has 0 aliphatic heterocycles. The molecule has 0 bridgehead atoms. The second-order valence-electron chi connectivity index (χ2n) is 3.94. The van der Waals surface area contributed by atoms with Crippen molar-refractivity contribution in [1.82, 2.24) is 0 Å². The van der Waals surface area contributed by atoms with E-state index < -0.39 is 15.4 Å². The summed E-state index contributed by atoms with van der Waals surface area (Å²) in [6, 6.07) is 0. The number of hydrogen-bond donors (Lipinski definition) is 1. The summed E-state index contributed by atoms with van der Waals surface area (Å²) in [5, 5.41) is -0.0206. The molecule has 0 saturated heterocycles. The van der Waals surface area contributed by atoms with E-state index in [0.29, 0.717) is 11.8 Å². The van der Waals surface area contributed by atoms with Crippen molar-refractivity contribution in [2.45, 2.75) is 31.9 Å². The van der Waals surface area contributed by atoms with Crippen LogP contribution in [0, 0.1) is 5.92 Å². The van der Waals surface area contributed by atoms with Crippen LogP contribution in [0.4, 0.5) is 0 Å². The van der Waals surface area contributed by atoms with Gasteiger partial charge < -0.3 is 0 Å². The molecule has 14 heavy (non-hydrogen) atoms. The van der Waals surface area contributed by atoms with Gasteiger partial charge >= 0.3 is 0 Å². The van der Waals surface area contributed by atoms with Crippen molar-refractivity contribution in [2.75, 3.05) is 5.33 Å². The maximum absolute atomic E-state index is 11.1. The molecular formula is C9H15BrO3S. The van der Waals surface area contributed by atoms with Crippen molar-refractivity contribution in [2.24, 2.45) is 5.92 Å². The van der Waals surface area contributed by atoms with E-state index in [-0.39, 0.29) is 5.92 Å². The minimum Gasteiger partial charge on any atom is -0.285 e. The van der Waals surface area contributed by atoms with Crippen LogP contribution in [0.1, 0.15) is 26.7 Å². The molecule has 0 aromatic rings. The second-order valence-corrected chi connectivity index (χ2v) is 6.22. The first-order valence-electron chi connectivity index (χ1n) is 4.53. The highest BCUT2D eigenvalue weighted by Crippen LogP contribution is 2.33. The summed E-state index contributed by atoms with van der Waals surface area (Å²) < 4.78 is 31.3. The summed E-state index contributed by atoms with van der Waals surface area (Å²) in [6.45, 7) is 3.95. The van der Waals surface area contributed by atoms with Crippen molar-refractivity contribution in [3.63, 3.8) is 0 Å². The lowest BCUT2D eigenvalue weighted by Gasteiger charge is -2.29. The van der Waals surface area contributed by atoms with Crippen molar-refractivity contribution in [3.05, 3.63) is 11.1 Å². The Bertz CT molecular complexity index is 345. The maximum atomic E-state index is 11.1. The largest absolute Gasteiger partial charge is 0.285 e. The van der Waals surface area contributed by atoms with Gasteiger partial charge in [0.2, 0.25) is 0 Å². The van der Waals surface area contributed by atoms with Gasteiger partial charge in [-0.2, -0.15) is 8.42 Å². The van der Waals surface area contributed by atoms with Gasteiger partial charge in [-0.3, -0.25) is 4.55 Å². The Balaban J connectivity index is 2.98. The monoisotopic (exact) mass is 282 g/mol. The highest BCUT2D eigenvalue weighted by atomic mass is 79.9. The van der Waals surface area contributed by atoms with E-state index in [1.807, 2.05) is 13.8 Å². The minimum absolute atomic E-state index is 0.00583. The van der Waals surface area contributed by atoms with E-state index in [1.54, 1.807) is 0 Å². The maximum Gasteiger partial charge on any atom is 0.268 e. The van der Waals surface area contributed by atoms with Gasteiger partial charge in [-0.1, -0.05) is 27.1 Å². The summed E-state index contributed by atoms with van der Waals surface area (Å²) in [7, 11) is -3.91. The normalized spacial score (nSPS) is 29.4. The Morgan fingerprint density at radius 3 is 2.29 bits per heavy atom. The molecule has 0 heterocycles. The molecule has 0 radical (unpaired) electrons. The molecule has 2 unspecified atom stereocenters. The number of hydrogen-bond acceptors (Lipinski definition) is 2. The van der Waals surface area contributed by atoms with Crippen LogP contribution >= 0.6 is 15.9 Å². The Morgan fingerprint density at radius 2 is 1.86 bits per heavy atom. The van der Waals surface area contributed by atoms with Gasteiger partial charge in [-0.25, -0.2) is 0 Å². The van der Waals surface area contributed by atoms with Gasteiger partial charge in [0.25, 0.3) is 10.1 Å². The van der Waals surface area contributed by atoms with Gasteiger partial charge in [-0.15, -0.1) is 0 Å². The lowest BCUT2D eigenvalue weighted by molar-refractivity contribution is 0.420. The summed E-state index contributed by atoms with van der Waals surface area (Å²) >= 11 is 3.29. The van der Waals surface area contributed by atoms with E-state index in [0.717, 1.165) is 12.0 Å². The molecular weight excluding hydrogens is 268 g/mol. The van der Waals surface area contributed by atoms with Gasteiger partial charge in [0.1, 0.15) is 0 Å². The molecule has 5 heteroatoms. The molecule has 0 spiro atoms. The number of halogens is 1. The first-order valence-corrected chi connectivity index (χ1v) is 7.16. The van der Waals surface area contributed by atoms with Crippen molar-refractivity contribution < 1.29 is 13.0 Å². The average Bonchev–Trinajstić information content (AvgIpc) is 2.07. The van der Waals surface area contributed by atoms with Crippen LogP contribution in [-0.2, 0) is 10.1 Å². The third-order valence-electron chi connectivity index (χ3n) is 2.91. The Labute approximate surface area is 93.5 Å². The molecule has 1 aliphatic carbocycles. The molecule has 1 rings (SSSR count). The molecule has 0 fully saturated rings. The summed E-state index contributed by atoms with van der Waals surface area (Å²) in [5.41, 5.74) is 2.33. The average molecular weight is 283 g/mol. The lowest BCUT2D eigenvalue weighted by atomic mass is 9.86. The fourth-order valence-electron chi connectivity index (χ4n) is 1.84. The van der Waals surface area contributed by atoms with Crippen LogP contribution in [0.2, 0.25) is 0 Å². The van der Waals surface area contributed by atoms with E-state index >= 15 is 0 Å². The van der Waals surface area contributed by atoms with Crippen LogP contribution in [0.5, 0.6) is 0 Å². The number of alkyl halides is 1. The Morgan fingerprint density at radius 1 is 1.36 bits per heavy atom. The summed E-state index contributed by atoms with van der Waals surface area (Å²) in [4.78, 5) is 0. The van der Waals surface area contributed by atoms with E-state index in [9.17, 15) is 8.42 Å². The third-order valence-corrected chi connectivity index (χ3v) is 5.06. The highest BCUT2D eigenvalue weighted by Gasteiger charge is 2.35.